The van der Waals surface area contributed by atoms with Crippen LogP contribution < -0.4 is 0 Å². The molecule has 14 heavy (non-hydrogen) atoms. The quantitative estimate of drug-likeness (QED) is 0.786. The van der Waals surface area contributed by atoms with E-state index in [1.807, 2.05) is 28.8 Å². The maximum Gasteiger partial charge on any atom is 0.137 e. The van der Waals surface area contributed by atoms with Crippen molar-refractivity contribution in [3.05, 3.63) is 35.8 Å². The highest BCUT2D eigenvalue weighted by Crippen LogP contribution is 2.20. The minimum atomic E-state index is 0.0404. The second-order valence-corrected chi connectivity index (χ2v) is 3.69. The molecule has 0 bridgehead atoms. The average molecular weight is 190 g/mol. The molecule has 3 heteroatoms. The third kappa shape index (κ3) is 1.30. The molecule has 2 aromatic heterocycles. The van der Waals surface area contributed by atoms with Crippen LogP contribution in [0.3, 0.4) is 0 Å². The molecule has 0 unspecified atom stereocenters. The molecular weight excluding hydrogens is 176 g/mol. The molecule has 0 fully saturated rings. The summed E-state index contributed by atoms with van der Waals surface area (Å²) < 4.78 is 1.94. The van der Waals surface area contributed by atoms with Crippen molar-refractivity contribution in [3.8, 4) is 0 Å². The van der Waals surface area contributed by atoms with Crippen molar-refractivity contribution in [2.75, 3.05) is 0 Å². The van der Waals surface area contributed by atoms with Crippen molar-refractivity contribution < 1.29 is 5.11 Å². The minimum absolute atomic E-state index is 0.0404. The van der Waals surface area contributed by atoms with E-state index in [1.165, 1.54) is 0 Å². The van der Waals surface area contributed by atoms with Gasteiger partial charge >= 0.3 is 0 Å². The van der Waals surface area contributed by atoms with Gasteiger partial charge in [-0.25, -0.2) is 4.98 Å². The molecule has 0 amide bonds. The van der Waals surface area contributed by atoms with E-state index in [2.05, 4.69) is 18.8 Å². The summed E-state index contributed by atoms with van der Waals surface area (Å²) in [7, 11) is 0. The van der Waals surface area contributed by atoms with E-state index in [0.29, 0.717) is 5.92 Å². The molecule has 0 spiro atoms. The largest absolute Gasteiger partial charge is 0.390 e. The number of hydrogen-bond donors (Lipinski definition) is 1. The summed E-state index contributed by atoms with van der Waals surface area (Å²) >= 11 is 0. The van der Waals surface area contributed by atoms with Crippen LogP contribution in [-0.4, -0.2) is 14.5 Å². The smallest absolute Gasteiger partial charge is 0.137 e. The van der Waals surface area contributed by atoms with E-state index in [-0.39, 0.29) is 6.61 Å². The van der Waals surface area contributed by atoms with E-state index in [1.54, 1.807) is 0 Å². The molecule has 1 N–H and O–H groups in total. The number of fused-ring (bicyclic) bond motifs is 1. The summed E-state index contributed by atoms with van der Waals surface area (Å²) in [6.07, 6.45) is 1.93. The molecule has 0 atom stereocenters. The van der Waals surface area contributed by atoms with Gasteiger partial charge in [0.25, 0.3) is 0 Å². The Kier molecular flexibility index (Phi) is 2.25. The molecule has 0 saturated heterocycles. The number of hydrogen-bond acceptors (Lipinski definition) is 2. The summed E-state index contributed by atoms with van der Waals surface area (Å²) in [5.41, 5.74) is 2.79. The Morgan fingerprint density at radius 3 is 2.86 bits per heavy atom. The summed E-state index contributed by atoms with van der Waals surface area (Å²) in [6, 6.07) is 5.84. The lowest BCUT2D eigenvalue weighted by Crippen LogP contribution is -1.97. The van der Waals surface area contributed by atoms with E-state index >= 15 is 0 Å². The van der Waals surface area contributed by atoms with Crippen molar-refractivity contribution in [1.82, 2.24) is 9.38 Å². The lowest BCUT2D eigenvalue weighted by molar-refractivity contribution is 0.274. The van der Waals surface area contributed by atoms with Gasteiger partial charge in [0.1, 0.15) is 5.65 Å². The Hall–Kier alpha value is -1.35. The van der Waals surface area contributed by atoms with Gasteiger partial charge in [0.15, 0.2) is 0 Å². The lowest BCUT2D eigenvalue weighted by atomic mass is 10.1. The van der Waals surface area contributed by atoms with E-state index in [4.69, 9.17) is 0 Å². The van der Waals surface area contributed by atoms with Crippen LogP contribution >= 0.6 is 0 Å². The van der Waals surface area contributed by atoms with Crippen molar-refractivity contribution >= 4 is 5.65 Å². The predicted octanol–water partition coefficient (Wildman–Crippen LogP) is 1.95. The molecule has 0 aliphatic carbocycles. The molecule has 2 aromatic rings. The number of aromatic nitrogens is 2. The number of aliphatic hydroxyl groups excluding tert-OH is 1. The van der Waals surface area contributed by atoms with Crippen molar-refractivity contribution in [2.45, 2.75) is 26.4 Å². The zero-order valence-electron chi connectivity index (χ0n) is 8.44. The Bertz CT molecular complexity index is 445. The SMILES string of the molecule is CC(C)c1nc2ccccn2c1CO. The van der Waals surface area contributed by atoms with E-state index < -0.39 is 0 Å². The van der Waals surface area contributed by atoms with Gasteiger partial charge in [0, 0.05) is 6.20 Å². The Labute approximate surface area is 83.0 Å². The monoisotopic (exact) mass is 190 g/mol. The van der Waals surface area contributed by atoms with Crippen LogP contribution in [-0.2, 0) is 6.61 Å². The summed E-state index contributed by atoms with van der Waals surface area (Å²) in [5, 5.41) is 9.29. The number of imidazole rings is 1. The molecular formula is C11H14N2O. The fraction of sp³-hybridized carbons (Fsp3) is 0.364. The van der Waals surface area contributed by atoms with Crippen LogP contribution in [0.5, 0.6) is 0 Å². The third-order valence-corrected chi connectivity index (χ3v) is 2.36. The molecule has 2 heterocycles. The predicted molar refractivity (Wildman–Crippen MR) is 55.2 cm³/mol. The second kappa shape index (κ2) is 3.42. The maximum absolute atomic E-state index is 9.29. The molecule has 0 aromatic carbocycles. The van der Waals surface area contributed by atoms with Crippen LogP contribution in [0.2, 0.25) is 0 Å². The van der Waals surface area contributed by atoms with Crippen molar-refractivity contribution in [3.63, 3.8) is 0 Å². The number of nitrogens with zero attached hydrogens (tertiary/aromatic N) is 2. The third-order valence-electron chi connectivity index (χ3n) is 2.36. The second-order valence-electron chi connectivity index (χ2n) is 3.69. The zero-order valence-corrected chi connectivity index (χ0v) is 8.44. The highest BCUT2D eigenvalue weighted by Gasteiger charge is 2.13. The molecule has 0 aliphatic rings. The maximum atomic E-state index is 9.29. The zero-order chi connectivity index (χ0) is 10.1. The average Bonchev–Trinajstić information content (AvgIpc) is 2.56. The molecule has 0 radical (unpaired) electrons. The first-order valence-electron chi connectivity index (χ1n) is 4.80. The normalized spacial score (nSPS) is 11.4. The molecule has 3 nitrogen and oxygen atoms in total. The minimum Gasteiger partial charge on any atom is -0.390 e. The molecule has 0 aliphatic heterocycles. The highest BCUT2D eigenvalue weighted by atomic mass is 16.3. The van der Waals surface area contributed by atoms with Gasteiger partial charge in [-0.2, -0.15) is 0 Å². The summed E-state index contributed by atoms with van der Waals surface area (Å²) in [4.78, 5) is 4.49. The van der Waals surface area contributed by atoms with Crippen LogP contribution in [0.4, 0.5) is 0 Å². The number of rotatable bonds is 2. The van der Waals surface area contributed by atoms with Crippen LogP contribution in [0.25, 0.3) is 5.65 Å². The fourth-order valence-electron chi connectivity index (χ4n) is 1.68. The van der Waals surface area contributed by atoms with Crippen molar-refractivity contribution in [2.24, 2.45) is 0 Å². The molecule has 2 rings (SSSR count). The Morgan fingerprint density at radius 1 is 1.43 bits per heavy atom. The van der Waals surface area contributed by atoms with Gasteiger partial charge in [0.05, 0.1) is 18.0 Å². The summed E-state index contributed by atoms with van der Waals surface area (Å²) in [6.45, 7) is 4.21. The number of pyridine rings is 1. The number of aliphatic hydroxyl groups is 1. The lowest BCUT2D eigenvalue weighted by Gasteiger charge is -2.03. The first-order chi connectivity index (χ1) is 6.74. The fourth-order valence-corrected chi connectivity index (χ4v) is 1.68. The standard InChI is InChI=1S/C11H14N2O/c1-8(2)11-9(7-14)13-6-4-3-5-10(13)12-11/h3-6,8,14H,7H2,1-2H3. The first kappa shape index (κ1) is 9.21. The Balaban J connectivity index is 2.72. The van der Waals surface area contributed by atoms with Gasteiger partial charge in [-0.05, 0) is 18.1 Å². The first-order valence-corrected chi connectivity index (χ1v) is 4.80. The highest BCUT2D eigenvalue weighted by molar-refractivity contribution is 5.43. The van der Waals surface area contributed by atoms with E-state index in [0.717, 1.165) is 17.0 Å². The topological polar surface area (TPSA) is 37.5 Å². The van der Waals surface area contributed by atoms with Crippen molar-refractivity contribution in [1.29, 1.82) is 0 Å². The van der Waals surface area contributed by atoms with Gasteiger partial charge in [0.2, 0.25) is 0 Å². The van der Waals surface area contributed by atoms with Crippen LogP contribution in [0.15, 0.2) is 24.4 Å². The Morgan fingerprint density at radius 2 is 2.21 bits per heavy atom. The van der Waals surface area contributed by atoms with Crippen LogP contribution in [0, 0.1) is 0 Å². The van der Waals surface area contributed by atoms with Gasteiger partial charge in [-0.3, -0.25) is 0 Å². The van der Waals surface area contributed by atoms with Gasteiger partial charge in [-0.1, -0.05) is 19.9 Å². The van der Waals surface area contributed by atoms with E-state index in [9.17, 15) is 5.11 Å². The molecule has 74 valence electrons. The van der Waals surface area contributed by atoms with Gasteiger partial charge < -0.3 is 9.51 Å². The summed E-state index contributed by atoms with van der Waals surface area (Å²) in [5.74, 6) is 0.344. The molecule has 0 saturated carbocycles. The van der Waals surface area contributed by atoms with Crippen LogP contribution in [0.1, 0.15) is 31.2 Å². The van der Waals surface area contributed by atoms with Gasteiger partial charge in [-0.15, -0.1) is 0 Å².